The normalized spacial score (nSPS) is 12.0. The van der Waals surface area contributed by atoms with E-state index in [1.807, 2.05) is 44.2 Å². The van der Waals surface area contributed by atoms with Gasteiger partial charge in [-0.15, -0.1) is 0 Å². The summed E-state index contributed by atoms with van der Waals surface area (Å²) in [5.74, 6) is -0.334. The lowest BCUT2D eigenvalue weighted by Gasteiger charge is -2.29. The Morgan fingerprint density at radius 2 is 1.64 bits per heavy atom. The molecule has 3 rings (SSSR count). The molecule has 1 heterocycles. The van der Waals surface area contributed by atoms with Crippen LogP contribution in [0.25, 0.3) is 10.9 Å². The monoisotopic (exact) mass is 472 g/mol. The molecule has 0 spiro atoms. The van der Waals surface area contributed by atoms with Crippen molar-refractivity contribution in [2.75, 3.05) is 13.6 Å². The Labute approximate surface area is 192 Å². The number of amides is 1. The summed E-state index contributed by atoms with van der Waals surface area (Å²) in [5, 5.41) is 0.105. The fraction of sp³-hybridized carbons (Fsp3) is 0.348. The maximum absolute atomic E-state index is 13.2. The van der Waals surface area contributed by atoms with Crippen molar-refractivity contribution >= 4 is 26.8 Å². The fourth-order valence-corrected chi connectivity index (χ4v) is 4.77. The first kappa shape index (κ1) is 24.4. The number of fused-ring (bicyclic) bond motifs is 1. The average Bonchev–Trinajstić information content (AvgIpc) is 2.79. The summed E-state index contributed by atoms with van der Waals surface area (Å²) < 4.78 is 29.6. The van der Waals surface area contributed by atoms with Crippen LogP contribution in [0, 0.1) is 0 Å². The number of rotatable bonds is 7. The van der Waals surface area contributed by atoms with Gasteiger partial charge in [0.2, 0.25) is 15.9 Å². The third-order valence-electron chi connectivity index (χ3n) is 5.64. The molecule has 0 aliphatic heterocycles. The van der Waals surface area contributed by atoms with Crippen LogP contribution in [-0.2, 0) is 35.5 Å². The summed E-state index contributed by atoms with van der Waals surface area (Å²) >= 11 is 0. The molecule has 0 radical (unpaired) electrons. The van der Waals surface area contributed by atoms with Gasteiger partial charge in [0.05, 0.1) is 22.3 Å². The zero-order valence-corrected chi connectivity index (χ0v) is 20.2. The molecule has 176 valence electrons. The minimum Gasteiger partial charge on any atom is -0.335 e. The summed E-state index contributed by atoms with van der Waals surface area (Å²) in [6.07, 6.45) is 0. The van der Waals surface area contributed by atoms with E-state index in [9.17, 15) is 22.8 Å². The van der Waals surface area contributed by atoms with Crippen LogP contribution in [0.1, 0.15) is 19.4 Å². The van der Waals surface area contributed by atoms with Crippen molar-refractivity contribution in [3.8, 4) is 0 Å². The molecule has 33 heavy (non-hydrogen) atoms. The van der Waals surface area contributed by atoms with Gasteiger partial charge in [-0.3, -0.25) is 18.7 Å². The topological polar surface area (TPSA) is 102 Å². The molecule has 10 heteroatoms. The molecule has 0 saturated heterocycles. The van der Waals surface area contributed by atoms with Gasteiger partial charge in [-0.2, -0.15) is 4.31 Å². The number of sulfonamides is 1. The first-order chi connectivity index (χ1) is 15.4. The SMILES string of the molecule is CC(C)N(Cc1ccccc1)C(=O)CN(C)S(=O)(=O)c1ccc2c(c1)c(=O)n(C)c(=O)n2C. The van der Waals surface area contributed by atoms with Crippen molar-refractivity contribution in [1.82, 2.24) is 18.3 Å². The third-order valence-corrected chi connectivity index (χ3v) is 7.44. The Hall–Kier alpha value is -3.24. The summed E-state index contributed by atoms with van der Waals surface area (Å²) in [4.78, 5) is 39.2. The van der Waals surface area contributed by atoms with E-state index in [-0.39, 0.29) is 28.8 Å². The first-order valence-electron chi connectivity index (χ1n) is 10.4. The number of aromatic nitrogens is 2. The lowest BCUT2D eigenvalue weighted by atomic mass is 10.2. The minimum absolute atomic E-state index is 0.105. The lowest BCUT2D eigenvalue weighted by Crippen LogP contribution is -2.43. The molecule has 0 N–H and O–H groups in total. The number of hydrogen-bond donors (Lipinski definition) is 0. The number of carbonyl (C=O) groups excluding carboxylic acids is 1. The maximum atomic E-state index is 13.2. The molecule has 0 unspecified atom stereocenters. The summed E-state index contributed by atoms with van der Waals surface area (Å²) in [7, 11) is 0.118. The Morgan fingerprint density at radius 3 is 2.24 bits per heavy atom. The van der Waals surface area contributed by atoms with Gasteiger partial charge in [-0.1, -0.05) is 30.3 Å². The zero-order chi connectivity index (χ0) is 24.5. The Morgan fingerprint density at radius 1 is 1.00 bits per heavy atom. The molecule has 0 aliphatic carbocycles. The van der Waals surface area contributed by atoms with E-state index in [1.54, 1.807) is 4.90 Å². The van der Waals surface area contributed by atoms with Gasteiger partial charge in [-0.05, 0) is 37.6 Å². The van der Waals surface area contributed by atoms with Gasteiger partial charge in [0.1, 0.15) is 0 Å². The van der Waals surface area contributed by atoms with Gasteiger partial charge in [0.25, 0.3) is 5.56 Å². The molecule has 1 amide bonds. The molecule has 9 nitrogen and oxygen atoms in total. The van der Waals surface area contributed by atoms with E-state index < -0.39 is 21.3 Å². The second-order valence-corrected chi connectivity index (χ2v) is 10.3. The molecule has 0 bridgehead atoms. The van der Waals surface area contributed by atoms with Crippen LogP contribution in [0.5, 0.6) is 0 Å². The van der Waals surface area contributed by atoms with Crippen LogP contribution in [0.3, 0.4) is 0 Å². The van der Waals surface area contributed by atoms with Gasteiger partial charge >= 0.3 is 5.69 Å². The second kappa shape index (κ2) is 9.32. The molecule has 2 aromatic carbocycles. The van der Waals surface area contributed by atoms with E-state index in [0.29, 0.717) is 12.1 Å². The molecule has 1 aromatic heterocycles. The van der Waals surface area contributed by atoms with Gasteiger partial charge in [0.15, 0.2) is 0 Å². The van der Waals surface area contributed by atoms with Crippen molar-refractivity contribution in [2.45, 2.75) is 31.3 Å². The van der Waals surface area contributed by atoms with E-state index >= 15 is 0 Å². The smallest absolute Gasteiger partial charge is 0.330 e. The Balaban J connectivity index is 1.90. The highest BCUT2D eigenvalue weighted by atomic mass is 32.2. The summed E-state index contributed by atoms with van der Waals surface area (Å²) in [6, 6.07) is 13.4. The van der Waals surface area contributed by atoms with Crippen LogP contribution in [0.2, 0.25) is 0 Å². The van der Waals surface area contributed by atoms with Crippen molar-refractivity contribution < 1.29 is 13.2 Å². The van der Waals surface area contributed by atoms with Crippen molar-refractivity contribution in [2.24, 2.45) is 14.1 Å². The fourth-order valence-electron chi connectivity index (χ4n) is 3.62. The molecular weight excluding hydrogens is 444 g/mol. The van der Waals surface area contributed by atoms with Gasteiger partial charge in [0, 0.05) is 33.7 Å². The van der Waals surface area contributed by atoms with E-state index in [4.69, 9.17) is 0 Å². The van der Waals surface area contributed by atoms with Crippen LogP contribution in [0.15, 0.2) is 63.0 Å². The molecular formula is C23H28N4O5S. The van der Waals surface area contributed by atoms with Crippen LogP contribution in [-0.4, -0.2) is 52.3 Å². The summed E-state index contributed by atoms with van der Waals surface area (Å²) in [6.45, 7) is 3.76. The molecule has 0 atom stereocenters. The number of benzene rings is 2. The number of nitrogens with zero attached hydrogens (tertiary/aromatic N) is 4. The molecule has 3 aromatic rings. The Kier molecular flexibility index (Phi) is 6.89. The Bertz CT molecular complexity index is 1410. The molecule has 0 saturated carbocycles. The van der Waals surface area contributed by atoms with Crippen molar-refractivity contribution in [1.29, 1.82) is 0 Å². The van der Waals surface area contributed by atoms with E-state index in [1.165, 1.54) is 43.9 Å². The average molecular weight is 473 g/mol. The quantitative estimate of drug-likeness (QED) is 0.516. The third kappa shape index (κ3) is 4.76. The standard InChI is InChI=1S/C23H28N4O5S/c1-16(2)27(14-17-9-7-6-8-10-17)21(28)15-24(3)33(31,32)18-11-12-20-19(13-18)22(29)26(5)23(30)25(20)4/h6-13,16H,14-15H2,1-5H3. The minimum atomic E-state index is -4.06. The van der Waals surface area contributed by atoms with Crippen LogP contribution >= 0.6 is 0 Å². The number of likely N-dealkylation sites (N-methyl/N-ethyl adjacent to an activating group) is 1. The largest absolute Gasteiger partial charge is 0.335 e. The zero-order valence-electron chi connectivity index (χ0n) is 19.3. The molecule has 0 aliphatic rings. The summed E-state index contributed by atoms with van der Waals surface area (Å²) in [5.41, 5.74) is 0.186. The van der Waals surface area contributed by atoms with Crippen LogP contribution < -0.4 is 11.2 Å². The van der Waals surface area contributed by atoms with Crippen LogP contribution in [0.4, 0.5) is 0 Å². The first-order valence-corrected chi connectivity index (χ1v) is 11.9. The van der Waals surface area contributed by atoms with Gasteiger partial charge < -0.3 is 4.90 Å². The van der Waals surface area contributed by atoms with Gasteiger partial charge in [-0.25, -0.2) is 13.2 Å². The van der Waals surface area contributed by atoms with Crippen molar-refractivity contribution in [3.63, 3.8) is 0 Å². The highest BCUT2D eigenvalue weighted by molar-refractivity contribution is 7.89. The van der Waals surface area contributed by atoms with E-state index in [2.05, 4.69) is 0 Å². The predicted octanol–water partition coefficient (Wildman–Crippen LogP) is 1.29. The number of carbonyl (C=O) groups is 1. The predicted molar refractivity (Wildman–Crippen MR) is 126 cm³/mol. The van der Waals surface area contributed by atoms with Crippen molar-refractivity contribution in [3.05, 3.63) is 74.9 Å². The lowest BCUT2D eigenvalue weighted by molar-refractivity contribution is -0.133. The maximum Gasteiger partial charge on any atom is 0.330 e. The second-order valence-electron chi connectivity index (χ2n) is 8.25. The molecule has 0 fully saturated rings. The number of aryl methyl sites for hydroxylation is 1. The van der Waals surface area contributed by atoms with E-state index in [0.717, 1.165) is 14.4 Å². The number of hydrogen-bond acceptors (Lipinski definition) is 5. The highest BCUT2D eigenvalue weighted by Crippen LogP contribution is 2.19. The highest BCUT2D eigenvalue weighted by Gasteiger charge is 2.27.